The van der Waals surface area contributed by atoms with Crippen LogP contribution in [-0.4, -0.2) is 0 Å². The van der Waals surface area contributed by atoms with Crippen molar-refractivity contribution in [3.63, 3.8) is 0 Å². The Morgan fingerprint density at radius 1 is 0.944 bits per heavy atom. The van der Waals surface area contributed by atoms with E-state index in [1.54, 1.807) is 30.3 Å². The second-order valence-electron chi connectivity index (χ2n) is 4.08. The quantitative estimate of drug-likeness (QED) is 0.798. The van der Waals surface area contributed by atoms with Crippen molar-refractivity contribution < 1.29 is 18.2 Å². The molecule has 2 rings (SSSR count). The number of hydrogen-bond acceptors (Lipinski definition) is 1. The molecule has 4 heteroatoms. The van der Waals surface area contributed by atoms with Gasteiger partial charge < -0.3 is 0 Å². The van der Waals surface area contributed by atoms with Crippen molar-refractivity contribution in [1.82, 2.24) is 0 Å². The third-order valence-corrected chi connectivity index (χ3v) is 2.94. The summed E-state index contributed by atoms with van der Waals surface area (Å²) < 4.78 is 39.9. The molecule has 2 aromatic rings. The van der Waals surface area contributed by atoms with Crippen molar-refractivity contribution in [2.45, 2.75) is 12.5 Å². The van der Waals surface area contributed by atoms with Gasteiger partial charge in [-0.15, -0.1) is 0 Å². The highest BCUT2D eigenvalue weighted by Gasteiger charge is 2.35. The van der Waals surface area contributed by atoms with E-state index in [9.17, 15) is 13.3 Å². The first kappa shape index (κ1) is 12.6. The molecule has 0 aliphatic rings. The third-order valence-electron chi connectivity index (χ3n) is 2.94. The Morgan fingerprint density at radius 3 is 2.22 bits per heavy atom. The van der Waals surface area contributed by atoms with E-state index in [1.807, 2.05) is 0 Å². The van der Waals surface area contributed by atoms with E-state index in [-0.39, 0.29) is 5.56 Å². The van der Waals surface area contributed by atoms with Crippen molar-refractivity contribution in [3.05, 3.63) is 71.3 Å². The summed E-state index contributed by atoms with van der Waals surface area (Å²) in [5, 5.41) is 0. The fraction of sp³-hybridized carbons (Fsp3) is 0.143. The first-order chi connectivity index (χ1) is 8.59. The van der Waals surface area contributed by atoms with Gasteiger partial charge in [0.05, 0.1) is 0 Å². The lowest BCUT2D eigenvalue weighted by Gasteiger charge is -2.26. The smallest absolute Gasteiger partial charge is 0.165 e. The summed E-state index contributed by atoms with van der Waals surface area (Å²) in [5.74, 6) is -2.15. The molecule has 0 spiro atoms. The highest BCUT2D eigenvalue weighted by molar-refractivity contribution is 5.36. The minimum Gasteiger partial charge on any atom is -0.204 e. The third kappa shape index (κ3) is 1.99. The molecule has 1 atom stereocenters. The fourth-order valence-electron chi connectivity index (χ4n) is 1.87. The van der Waals surface area contributed by atoms with Crippen molar-refractivity contribution in [1.29, 1.82) is 0 Å². The average molecular weight is 252 g/mol. The van der Waals surface area contributed by atoms with Gasteiger partial charge in [-0.3, -0.25) is 0 Å². The Kier molecular flexibility index (Phi) is 3.39. The Hall–Kier alpha value is -1.81. The molecule has 94 valence electrons. The van der Waals surface area contributed by atoms with Gasteiger partial charge >= 0.3 is 0 Å². The van der Waals surface area contributed by atoms with Gasteiger partial charge in [0, 0.05) is 5.56 Å². The predicted molar refractivity (Wildman–Crippen MR) is 61.4 cm³/mol. The Bertz CT molecular complexity index is 542. The molecule has 0 amide bonds. The summed E-state index contributed by atoms with van der Waals surface area (Å²) in [7, 11) is 0. The SMILES string of the molecule is CC(OF)(c1ccccc1)c1cccc(F)c1F. The fourth-order valence-corrected chi connectivity index (χ4v) is 1.87. The van der Waals surface area contributed by atoms with Gasteiger partial charge in [0.2, 0.25) is 0 Å². The molecular formula is C14H11F3O. The van der Waals surface area contributed by atoms with Crippen LogP contribution >= 0.6 is 0 Å². The number of rotatable bonds is 3. The molecular weight excluding hydrogens is 241 g/mol. The molecule has 0 bridgehead atoms. The maximum absolute atomic E-state index is 13.7. The first-order valence-electron chi connectivity index (χ1n) is 5.39. The van der Waals surface area contributed by atoms with Gasteiger partial charge in [-0.25, -0.2) is 8.78 Å². The zero-order chi connectivity index (χ0) is 13.2. The van der Waals surface area contributed by atoms with Crippen LogP contribution in [0.5, 0.6) is 0 Å². The molecule has 0 aliphatic heterocycles. The van der Waals surface area contributed by atoms with E-state index < -0.39 is 17.2 Å². The summed E-state index contributed by atoms with van der Waals surface area (Å²) in [5.41, 5.74) is -1.46. The normalized spacial score (nSPS) is 14.2. The van der Waals surface area contributed by atoms with Crippen LogP contribution in [0, 0.1) is 11.6 Å². The van der Waals surface area contributed by atoms with Gasteiger partial charge in [-0.2, -0.15) is 4.94 Å². The topological polar surface area (TPSA) is 9.23 Å². The lowest BCUT2D eigenvalue weighted by Crippen LogP contribution is -2.26. The van der Waals surface area contributed by atoms with Crippen molar-refractivity contribution in [2.75, 3.05) is 0 Å². The summed E-state index contributed by atoms with van der Waals surface area (Å²) >= 11 is 0. The van der Waals surface area contributed by atoms with Crippen LogP contribution in [-0.2, 0) is 10.5 Å². The van der Waals surface area contributed by atoms with E-state index in [1.165, 1.54) is 19.1 Å². The number of benzene rings is 2. The van der Waals surface area contributed by atoms with Gasteiger partial charge in [0.25, 0.3) is 0 Å². The molecule has 0 heterocycles. The lowest BCUT2D eigenvalue weighted by molar-refractivity contribution is -0.218. The Labute approximate surface area is 103 Å². The van der Waals surface area contributed by atoms with Gasteiger partial charge in [-0.05, 0) is 23.1 Å². The van der Waals surface area contributed by atoms with E-state index in [2.05, 4.69) is 4.94 Å². The summed E-state index contributed by atoms with van der Waals surface area (Å²) in [6, 6.07) is 11.8. The summed E-state index contributed by atoms with van der Waals surface area (Å²) in [6.07, 6.45) is 0. The van der Waals surface area contributed by atoms with E-state index in [0.717, 1.165) is 6.07 Å². The average Bonchev–Trinajstić information content (AvgIpc) is 2.42. The van der Waals surface area contributed by atoms with Crippen LogP contribution in [0.15, 0.2) is 48.5 Å². The molecule has 0 saturated carbocycles. The van der Waals surface area contributed by atoms with Crippen LogP contribution in [0.25, 0.3) is 0 Å². The highest BCUT2D eigenvalue weighted by atomic mass is 19.3. The molecule has 0 N–H and O–H groups in total. The molecule has 0 aliphatic carbocycles. The zero-order valence-electron chi connectivity index (χ0n) is 9.66. The van der Waals surface area contributed by atoms with Crippen LogP contribution < -0.4 is 0 Å². The summed E-state index contributed by atoms with van der Waals surface area (Å²) in [4.78, 5) is 3.94. The minimum absolute atomic E-state index is 0.184. The minimum atomic E-state index is -1.67. The van der Waals surface area contributed by atoms with Crippen LogP contribution in [0.4, 0.5) is 13.3 Å². The van der Waals surface area contributed by atoms with E-state index >= 15 is 0 Å². The van der Waals surface area contributed by atoms with Crippen LogP contribution in [0.3, 0.4) is 0 Å². The maximum Gasteiger partial charge on any atom is 0.165 e. The van der Waals surface area contributed by atoms with Gasteiger partial charge in [0.1, 0.15) is 0 Å². The molecule has 1 unspecified atom stereocenters. The molecule has 2 aromatic carbocycles. The summed E-state index contributed by atoms with van der Waals surface area (Å²) in [6.45, 7) is 1.35. The second kappa shape index (κ2) is 4.82. The number of hydrogen-bond donors (Lipinski definition) is 0. The van der Waals surface area contributed by atoms with E-state index in [4.69, 9.17) is 0 Å². The largest absolute Gasteiger partial charge is 0.204 e. The number of halogens is 3. The van der Waals surface area contributed by atoms with Crippen LogP contribution in [0.2, 0.25) is 0 Å². The molecule has 0 saturated heterocycles. The van der Waals surface area contributed by atoms with Crippen molar-refractivity contribution >= 4 is 0 Å². The Morgan fingerprint density at radius 2 is 1.61 bits per heavy atom. The first-order valence-corrected chi connectivity index (χ1v) is 5.39. The van der Waals surface area contributed by atoms with Gasteiger partial charge in [-0.1, -0.05) is 42.5 Å². The predicted octanol–water partition coefficient (Wildman–Crippen LogP) is 4.13. The van der Waals surface area contributed by atoms with E-state index in [0.29, 0.717) is 5.56 Å². The lowest BCUT2D eigenvalue weighted by atomic mass is 9.88. The molecule has 0 aromatic heterocycles. The second-order valence-corrected chi connectivity index (χ2v) is 4.08. The monoisotopic (exact) mass is 252 g/mol. The molecule has 18 heavy (non-hydrogen) atoms. The molecule has 0 radical (unpaired) electrons. The van der Waals surface area contributed by atoms with Gasteiger partial charge in [0.15, 0.2) is 17.2 Å². The van der Waals surface area contributed by atoms with Crippen molar-refractivity contribution in [2.24, 2.45) is 0 Å². The Balaban J connectivity index is 2.61. The molecule has 0 fully saturated rings. The standard InChI is InChI=1S/C14H11F3O/c1-14(18-17,10-6-3-2-4-7-10)11-8-5-9-12(15)13(11)16/h2-9H,1H3. The van der Waals surface area contributed by atoms with Crippen LogP contribution in [0.1, 0.15) is 18.1 Å². The maximum atomic E-state index is 13.7. The molecule has 1 nitrogen and oxygen atoms in total. The van der Waals surface area contributed by atoms with Crippen molar-refractivity contribution in [3.8, 4) is 0 Å². The highest BCUT2D eigenvalue weighted by Crippen LogP contribution is 2.35. The zero-order valence-corrected chi connectivity index (χ0v) is 9.66.